The zero-order valence-electron chi connectivity index (χ0n) is 19.3. The largest absolute Gasteiger partial charge is 0.497 e. The topological polar surface area (TPSA) is 61.9 Å². The molecule has 170 valence electrons. The Balaban J connectivity index is 1.41. The van der Waals surface area contributed by atoms with Gasteiger partial charge in [-0.1, -0.05) is 32.4 Å². The number of ether oxygens (including phenoxy) is 1. The summed E-state index contributed by atoms with van der Waals surface area (Å²) in [5.74, 6) is 1.04. The van der Waals surface area contributed by atoms with Gasteiger partial charge < -0.3 is 19.9 Å². The van der Waals surface area contributed by atoms with Crippen LogP contribution in [0.2, 0.25) is 0 Å². The first kappa shape index (κ1) is 22.2. The summed E-state index contributed by atoms with van der Waals surface area (Å²) in [5, 5.41) is 2.93. The molecular weight excluding hydrogens is 402 g/mol. The van der Waals surface area contributed by atoms with Crippen LogP contribution >= 0.6 is 0 Å². The van der Waals surface area contributed by atoms with Gasteiger partial charge >= 0.3 is 0 Å². The van der Waals surface area contributed by atoms with Gasteiger partial charge in [0.15, 0.2) is 0 Å². The van der Waals surface area contributed by atoms with Crippen LogP contribution in [0.25, 0.3) is 0 Å². The van der Waals surface area contributed by atoms with Crippen molar-refractivity contribution in [3.63, 3.8) is 0 Å². The third-order valence-electron chi connectivity index (χ3n) is 6.85. The highest BCUT2D eigenvalue weighted by Crippen LogP contribution is 2.45. The van der Waals surface area contributed by atoms with Crippen LogP contribution in [0.1, 0.15) is 38.7 Å². The number of carbonyl (C=O) groups is 2. The molecule has 2 aromatic carbocycles. The summed E-state index contributed by atoms with van der Waals surface area (Å²) < 4.78 is 5.25. The maximum Gasteiger partial charge on any atom is 0.233 e. The highest BCUT2D eigenvalue weighted by Gasteiger charge is 2.48. The molecule has 1 aliphatic heterocycles. The maximum absolute atomic E-state index is 13.6. The molecule has 6 heteroatoms. The Hall–Kier alpha value is -3.02. The van der Waals surface area contributed by atoms with Crippen LogP contribution in [0, 0.1) is 5.92 Å². The molecule has 1 saturated carbocycles. The van der Waals surface area contributed by atoms with E-state index < -0.39 is 5.41 Å². The van der Waals surface area contributed by atoms with Crippen LogP contribution < -0.4 is 15.0 Å². The maximum atomic E-state index is 13.6. The van der Waals surface area contributed by atoms with Crippen molar-refractivity contribution in [1.82, 2.24) is 4.90 Å². The van der Waals surface area contributed by atoms with E-state index in [0.29, 0.717) is 0 Å². The minimum absolute atomic E-state index is 0.00177. The molecule has 2 aromatic rings. The van der Waals surface area contributed by atoms with Crippen molar-refractivity contribution >= 4 is 23.2 Å². The number of nitrogens with zero attached hydrogens (tertiary/aromatic N) is 2. The minimum Gasteiger partial charge on any atom is -0.497 e. The van der Waals surface area contributed by atoms with E-state index in [4.69, 9.17) is 4.74 Å². The second-order valence-corrected chi connectivity index (χ2v) is 9.13. The monoisotopic (exact) mass is 435 g/mol. The molecule has 2 aliphatic rings. The van der Waals surface area contributed by atoms with Crippen molar-refractivity contribution in [2.45, 2.75) is 38.5 Å². The molecular formula is C26H33N3O3. The second-order valence-electron chi connectivity index (χ2n) is 9.13. The van der Waals surface area contributed by atoms with E-state index >= 15 is 0 Å². The molecule has 0 spiro atoms. The van der Waals surface area contributed by atoms with Crippen LogP contribution in [0.15, 0.2) is 48.5 Å². The average Bonchev–Trinajstić information content (AvgIpc) is 2.79. The Kier molecular flexibility index (Phi) is 6.40. The number of benzene rings is 2. The van der Waals surface area contributed by atoms with Crippen LogP contribution in [-0.4, -0.2) is 50.0 Å². The highest BCUT2D eigenvalue weighted by atomic mass is 16.5. The molecule has 0 atom stereocenters. The van der Waals surface area contributed by atoms with E-state index in [-0.39, 0.29) is 17.7 Å². The molecule has 0 unspecified atom stereocenters. The van der Waals surface area contributed by atoms with Crippen LogP contribution in [0.3, 0.4) is 0 Å². The number of methoxy groups -OCH3 is 1. The summed E-state index contributed by atoms with van der Waals surface area (Å²) >= 11 is 0. The molecule has 2 amide bonds. The van der Waals surface area contributed by atoms with Gasteiger partial charge in [-0.15, -0.1) is 0 Å². The Morgan fingerprint density at radius 1 is 0.938 bits per heavy atom. The van der Waals surface area contributed by atoms with E-state index in [0.717, 1.165) is 68.1 Å². The first-order valence-electron chi connectivity index (χ1n) is 11.5. The van der Waals surface area contributed by atoms with Gasteiger partial charge in [-0.3, -0.25) is 9.59 Å². The van der Waals surface area contributed by atoms with Crippen molar-refractivity contribution in [3.8, 4) is 5.75 Å². The molecule has 1 aliphatic carbocycles. The first-order chi connectivity index (χ1) is 15.4. The summed E-state index contributed by atoms with van der Waals surface area (Å²) in [5.41, 5.74) is 2.59. The number of hydrogen-bond donors (Lipinski definition) is 1. The van der Waals surface area contributed by atoms with Crippen molar-refractivity contribution in [1.29, 1.82) is 0 Å². The number of carbonyl (C=O) groups excluding carboxylic acids is 2. The number of nitrogens with one attached hydrogen (secondary N) is 1. The summed E-state index contributed by atoms with van der Waals surface area (Å²) in [7, 11) is 1.67. The lowest BCUT2D eigenvalue weighted by atomic mass is 9.63. The molecule has 0 bridgehead atoms. The van der Waals surface area contributed by atoms with E-state index in [9.17, 15) is 9.59 Å². The molecule has 4 rings (SSSR count). The van der Waals surface area contributed by atoms with Crippen LogP contribution in [-0.2, 0) is 15.0 Å². The normalized spacial score (nSPS) is 17.6. The van der Waals surface area contributed by atoms with Crippen molar-refractivity contribution in [2.24, 2.45) is 5.92 Å². The highest BCUT2D eigenvalue weighted by molar-refractivity contribution is 5.93. The van der Waals surface area contributed by atoms with E-state index in [1.54, 1.807) is 7.11 Å². The van der Waals surface area contributed by atoms with Gasteiger partial charge in [-0.25, -0.2) is 0 Å². The summed E-state index contributed by atoms with van der Waals surface area (Å²) in [6.45, 7) is 6.87. The third-order valence-corrected chi connectivity index (χ3v) is 6.85. The zero-order valence-corrected chi connectivity index (χ0v) is 19.3. The molecule has 1 saturated heterocycles. The van der Waals surface area contributed by atoms with E-state index in [1.165, 1.54) is 0 Å². The van der Waals surface area contributed by atoms with Gasteiger partial charge in [-0.05, 0) is 54.8 Å². The predicted molar refractivity (Wildman–Crippen MR) is 127 cm³/mol. The van der Waals surface area contributed by atoms with Gasteiger partial charge in [0.2, 0.25) is 11.8 Å². The van der Waals surface area contributed by atoms with Gasteiger partial charge in [0.05, 0.1) is 12.5 Å². The van der Waals surface area contributed by atoms with E-state index in [1.807, 2.05) is 55.1 Å². The number of piperazine rings is 1. The van der Waals surface area contributed by atoms with Crippen molar-refractivity contribution in [2.75, 3.05) is 43.5 Å². The number of hydrogen-bond acceptors (Lipinski definition) is 4. The lowest BCUT2D eigenvalue weighted by molar-refractivity contribution is -0.141. The SMILES string of the molecule is COc1ccc(N2CCN(C(=O)C3(c4ccc(NC(=O)C(C)C)cc4)CCC3)CC2)cc1. The Bertz CT molecular complexity index is 941. The fraction of sp³-hybridized carbons (Fsp3) is 0.462. The van der Waals surface area contributed by atoms with Crippen LogP contribution in [0.5, 0.6) is 5.75 Å². The predicted octanol–water partition coefficient (Wildman–Crippen LogP) is 4.06. The fourth-order valence-electron chi connectivity index (χ4n) is 4.58. The van der Waals surface area contributed by atoms with Crippen LogP contribution in [0.4, 0.5) is 11.4 Å². The third kappa shape index (κ3) is 4.31. The Morgan fingerprint density at radius 3 is 2.06 bits per heavy atom. The molecule has 32 heavy (non-hydrogen) atoms. The van der Waals surface area contributed by atoms with Gasteiger partial charge in [-0.2, -0.15) is 0 Å². The summed E-state index contributed by atoms with van der Waals surface area (Å²) in [4.78, 5) is 29.9. The molecule has 1 heterocycles. The number of amides is 2. The molecule has 0 aromatic heterocycles. The zero-order chi connectivity index (χ0) is 22.7. The van der Waals surface area contributed by atoms with Gasteiger partial charge in [0.25, 0.3) is 0 Å². The molecule has 2 fully saturated rings. The summed E-state index contributed by atoms with van der Waals surface area (Å²) in [6.07, 6.45) is 2.86. The Labute approximate surface area is 190 Å². The van der Waals surface area contributed by atoms with Gasteiger partial charge in [0.1, 0.15) is 5.75 Å². The average molecular weight is 436 g/mol. The smallest absolute Gasteiger partial charge is 0.233 e. The fourth-order valence-corrected chi connectivity index (χ4v) is 4.58. The summed E-state index contributed by atoms with van der Waals surface area (Å²) in [6, 6.07) is 16.0. The molecule has 6 nitrogen and oxygen atoms in total. The standard InChI is InChI=1S/C26H33N3O3/c1-19(2)24(30)27-21-7-5-20(6-8-21)26(13-4-14-26)25(31)29-17-15-28(16-18-29)22-9-11-23(32-3)12-10-22/h5-12,19H,4,13-18H2,1-3H3,(H,27,30). The number of anilines is 2. The Morgan fingerprint density at radius 2 is 1.56 bits per heavy atom. The quantitative estimate of drug-likeness (QED) is 0.743. The van der Waals surface area contributed by atoms with Gasteiger partial charge in [0, 0.05) is 43.5 Å². The molecule has 0 radical (unpaired) electrons. The minimum atomic E-state index is -0.414. The molecule has 1 N–H and O–H groups in total. The first-order valence-corrected chi connectivity index (χ1v) is 11.5. The lowest BCUT2D eigenvalue weighted by Gasteiger charge is -2.46. The van der Waals surface area contributed by atoms with Crippen molar-refractivity contribution in [3.05, 3.63) is 54.1 Å². The second kappa shape index (κ2) is 9.23. The lowest BCUT2D eigenvalue weighted by Crippen LogP contribution is -2.56. The van der Waals surface area contributed by atoms with E-state index in [2.05, 4.69) is 22.3 Å². The van der Waals surface area contributed by atoms with Crippen molar-refractivity contribution < 1.29 is 14.3 Å². The number of rotatable bonds is 6.